The van der Waals surface area contributed by atoms with Gasteiger partial charge in [-0.15, -0.1) is 0 Å². The lowest BCUT2D eigenvalue weighted by molar-refractivity contribution is 0.0130. The Hall–Kier alpha value is -4.52. The first-order chi connectivity index (χ1) is 18.6. The van der Waals surface area contributed by atoms with Gasteiger partial charge in [-0.05, 0) is 52.8 Å². The zero-order valence-electron chi connectivity index (χ0n) is 22.6. The molecule has 39 heavy (non-hydrogen) atoms. The first-order valence-electron chi connectivity index (χ1n) is 12.8. The number of ether oxygens (including phenoxy) is 1. The number of pyridine rings is 1. The summed E-state index contributed by atoms with van der Waals surface area (Å²) >= 11 is 0. The number of benzene rings is 1. The smallest absolute Gasteiger partial charge is 0.410 e. The van der Waals surface area contributed by atoms with E-state index in [4.69, 9.17) is 4.74 Å². The van der Waals surface area contributed by atoms with Gasteiger partial charge in [0.15, 0.2) is 5.65 Å². The number of carbonyl (C=O) groups is 1. The zero-order chi connectivity index (χ0) is 27.9. The molecule has 9 nitrogen and oxygen atoms in total. The number of carbonyl (C=O) groups excluding carboxylic acids is 1. The molecular formula is C29H30FN7O2. The van der Waals surface area contributed by atoms with E-state index in [0.717, 1.165) is 0 Å². The van der Waals surface area contributed by atoms with Gasteiger partial charge in [0, 0.05) is 48.7 Å². The average Bonchev–Trinajstić information content (AvgIpc) is 3.29. The number of fused-ring (bicyclic) bond motifs is 1. The highest BCUT2D eigenvalue weighted by Gasteiger charge is 2.36. The molecule has 1 saturated heterocycles. The van der Waals surface area contributed by atoms with Crippen LogP contribution in [0.25, 0.3) is 28.0 Å². The molecule has 0 bridgehead atoms. The van der Waals surface area contributed by atoms with E-state index in [2.05, 4.69) is 25.9 Å². The second kappa shape index (κ2) is 9.98. The third-order valence-electron chi connectivity index (χ3n) is 6.73. The highest BCUT2D eigenvalue weighted by Crippen LogP contribution is 2.39. The maximum atomic E-state index is 15.1. The lowest BCUT2D eigenvalue weighted by Crippen LogP contribution is -2.59. The van der Waals surface area contributed by atoms with Crippen LogP contribution >= 0.6 is 0 Å². The molecule has 1 aromatic carbocycles. The third kappa shape index (κ3) is 5.00. The molecule has 0 spiro atoms. The molecule has 1 aliphatic heterocycles. The molecule has 4 heterocycles. The fourth-order valence-corrected chi connectivity index (χ4v) is 4.94. The molecule has 1 fully saturated rings. The van der Waals surface area contributed by atoms with Crippen molar-refractivity contribution < 1.29 is 13.9 Å². The molecule has 10 heteroatoms. The quantitative estimate of drug-likeness (QED) is 0.355. The van der Waals surface area contributed by atoms with Gasteiger partial charge in [0.05, 0.1) is 17.0 Å². The van der Waals surface area contributed by atoms with Crippen molar-refractivity contribution in [3.8, 4) is 23.0 Å². The standard InChI is InChI=1S/C29H30FN7O2/c1-18-15-36(28(38)39-29(3,4)5)19(2)14-35(18)26-25-22(21-8-6-7-9-23(21)30)16-37(27(25)34-17-33-26)24-12-20(13-31)10-11-32-24/h6-12,16-19H,14-15H2,1-5H3/t18-,19+/m0/s1. The summed E-state index contributed by atoms with van der Waals surface area (Å²) in [6.45, 7) is 10.5. The number of rotatable bonds is 3. The fourth-order valence-electron chi connectivity index (χ4n) is 4.94. The van der Waals surface area contributed by atoms with Crippen LogP contribution in [0.5, 0.6) is 0 Å². The molecule has 1 aliphatic rings. The number of hydrogen-bond acceptors (Lipinski definition) is 7. The number of anilines is 1. The van der Waals surface area contributed by atoms with Crippen molar-refractivity contribution in [3.05, 3.63) is 66.5 Å². The Morgan fingerprint density at radius 1 is 1.08 bits per heavy atom. The minimum Gasteiger partial charge on any atom is -0.444 e. The number of halogens is 1. The van der Waals surface area contributed by atoms with Crippen molar-refractivity contribution >= 4 is 22.9 Å². The molecule has 1 amide bonds. The van der Waals surface area contributed by atoms with Crippen LogP contribution in [-0.2, 0) is 4.74 Å². The predicted octanol–water partition coefficient (Wildman–Crippen LogP) is 5.33. The molecule has 4 aromatic rings. The summed E-state index contributed by atoms with van der Waals surface area (Å²) in [7, 11) is 0. The molecule has 0 unspecified atom stereocenters. The van der Waals surface area contributed by atoms with E-state index in [-0.39, 0.29) is 24.0 Å². The van der Waals surface area contributed by atoms with Crippen LogP contribution < -0.4 is 4.90 Å². The summed E-state index contributed by atoms with van der Waals surface area (Å²) in [6, 6.07) is 11.7. The van der Waals surface area contributed by atoms with Gasteiger partial charge in [0.2, 0.25) is 0 Å². The van der Waals surface area contributed by atoms with Crippen molar-refractivity contribution in [2.45, 2.75) is 52.3 Å². The Balaban J connectivity index is 1.64. The van der Waals surface area contributed by atoms with Gasteiger partial charge in [0.25, 0.3) is 0 Å². The van der Waals surface area contributed by atoms with Crippen molar-refractivity contribution in [2.75, 3.05) is 18.0 Å². The highest BCUT2D eigenvalue weighted by atomic mass is 19.1. The summed E-state index contributed by atoms with van der Waals surface area (Å²) in [5, 5.41) is 10.1. The number of amides is 1. The maximum Gasteiger partial charge on any atom is 0.410 e. The van der Waals surface area contributed by atoms with Crippen molar-refractivity contribution in [2.24, 2.45) is 0 Å². The van der Waals surface area contributed by atoms with Crippen LogP contribution in [0.15, 0.2) is 55.1 Å². The second-order valence-electron chi connectivity index (χ2n) is 10.8. The van der Waals surface area contributed by atoms with E-state index in [9.17, 15) is 10.1 Å². The Morgan fingerprint density at radius 3 is 2.56 bits per heavy atom. The van der Waals surface area contributed by atoms with Gasteiger partial charge in [-0.25, -0.2) is 24.1 Å². The Kier molecular flexibility index (Phi) is 6.68. The Bertz CT molecular complexity index is 1590. The van der Waals surface area contributed by atoms with Crippen LogP contribution in [0.3, 0.4) is 0 Å². The monoisotopic (exact) mass is 527 g/mol. The van der Waals surface area contributed by atoms with Crippen molar-refractivity contribution in [3.63, 3.8) is 0 Å². The summed E-state index contributed by atoms with van der Waals surface area (Å²) in [5.41, 5.74) is 1.41. The number of piperazine rings is 1. The van der Waals surface area contributed by atoms with Gasteiger partial charge in [0.1, 0.15) is 29.4 Å². The van der Waals surface area contributed by atoms with Gasteiger partial charge in [-0.3, -0.25) is 4.57 Å². The third-order valence-corrected chi connectivity index (χ3v) is 6.73. The molecular weight excluding hydrogens is 497 g/mol. The summed E-state index contributed by atoms with van der Waals surface area (Å²) in [5.74, 6) is 0.750. The average molecular weight is 528 g/mol. The van der Waals surface area contributed by atoms with Crippen LogP contribution in [-0.4, -0.2) is 61.3 Å². The van der Waals surface area contributed by atoms with E-state index >= 15 is 4.39 Å². The van der Waals surface area contributed by atoms with E-state index in [1.54, 1.807) is 52.2 Å². The zero-order valence-corrected chi connectivity index (χ0v) is 22.6. The van der Waals surface area contributed by atoms with Gasteiger partial charge >= 0.3 is 6.09 Å². The largest absolute Gasteiger partial charge is 0.444 e. The number of nitriles is 1. The van der Waals surface area contributed by atoms with Gasteiger partial charge in [-0.1, -0.05) is 18.2 Å². The highest BCUT2D eigenvalue weighted by molar-refractivity contribution is 6.02. The fraction of sp³-hybridized carbons (Fsp3) is 0.345. The molecule has 200 valence electrons. The summed E-state index contributed by atoms with van der Waals surface area (Å²) in [6.07, 6.45) is 4.47. The van der Waals surface area contributed by atoms with Gasteiger partial charge in [-0.2, -0.15) is 5.26 Å². The Morgan fingerprint density at radius 2 is 1.85 bits per heavy atom. The number of hydrogen-bond donors (Lipinski definition) is 0. The molecule has 0 aliphatic carbocycles. The molecule has 3 aromatic heterocycles. The van der Waals surface area contributed by atoms with Crippen LogP contribution in [0.4, 0.5) is 15.0 Å². The van der Waals surface area contributed by atoms with E-state index in [1.807, 2.05) is 34.6 Å². The normalized spacial score (nSPS) is 17.8. The summed E-state index contributed by atoms with van der Waals surface area (Å²) < 4.78 is 22.5. The lowest BCUT2D eigenvalue weighted by atomic mass is 10.0. The first-order valence-corrected chi connectivity index (χ1v) is 12.8. The molecule has 0 radical (unpaired) electrons. The van der Waals surface area contributed by atoms with E-state index in [1.165, 1.54) is 12.4 Å². The van der Waals surface area contributed by atoms with Crippen molar-refractivity contribution in [1.29, 1.82) is 5.26 Å². The minimum absolute atomic E-state index is 0.108. The molecule has 0 saturated carbocycles. The van der Waals surface area contributed by atoms with Crippen LogP contribution in [0, 0.1) is 17.1 Å². The predicted molar refractivity (Wildman–Crippen MR) is 146 cm³/mol. The maximum absolute atomic E-state index is 15.1. The van der Waals surface area contributed by atoms with Crippen LogP contribution in [0.1, 0.15) is 40.2 Å². The van der Waals surface area contributed by atoms with Gasteiger partial charge < -0.3 is 14.5 Å². The van der Waals surface area contributed by atoms with E-state index < -0.39 is 5.60 Å². The summed E-state index contributed by atoms with van der Waals surface area (Å²) in [4.78, 5) is 30.5. The molecule has 5 rings (SSSR count). The second-order valence-corrected chi connectivity index (χ2v) is 10.8. The first kappa shape index (κ1) is 26.1. The van der Waals surface area contributed by atoms with E-state index in [0.29, 0.717) is 52.4 Å². The lowest BCUT2D eigenvalue weighted by Gasteiger charge is -2.44. The van der Waals surface area contributed by atoms with Crippen LogP contribution in [0.2, 0.25) is 0 Å². The minimum atomic E-state index is -0.593. The molecule has 2 atom stereocenters. The van der Waals surface area contributed by atoms with Crippen molar-refractivity contribution in [1.82, 2.24) is 24.4 Å². The number of aromatic nitrogens is 4. The number of nitrogens with zero attached hydrogens (tertiary/aromatic N) is 7. The molecule has 0 N–H and O–H groups in total. The Labute approximate surface area is 226 Å². The SMILES string of the molecule is C[C@@H]1CN(c2ncnc3c2c(-c2ccccc2F)cn3-c2cc(C#N)ccn2)[C@@H](C)CN1C(=O)OC(C)(C)C. The topological polar surface area (TPSA) is 100 Å².